The van der Waals surface area contributed by atoms with Gasteiger partial charge in [-0.05, 0) is 42.2 Å². The van der Waals surface area contributed by atoms with E-state index in [4.69, 9.17) is 4.74 Å². The van der Waals surface area contributed by atoms with Crippen LogP contribution < -0.4 is 10.1 Å². The number of ether oxygens (including phenoxy) is 1. The normalized spacial score (nSPS) is 20.6. The van der Waals surface area contributed by atoms with E-state index in [2.05, 4.69) is 11.4 Å². The van der Waals surface area contributed by atoms with Gasteiger partial charge >= 0.3 is 6.03 Å². The summed E-state index contributed by atoms with van der Waals surface area (Å²) in [5.74, 6) is 0.316. The van der Waals surface area contributed by atoms with Crippen molar-refractivity contribution in [2.45, 2.75) is 38.5 Å². The molecule has 2 aromatic carbocycles. The van der Waals surface area contributed by atoms with Crippen molar-refractivity contribution in [1.29, 1.82) is 0 Å². The number of aryl methyl sites for hydroxylation is 1. The van der Waals surface area contributed by atoms with Crippen LogP contribution >= 0.6 is 0 Å². The summed E-state index contributed by atoms with van der Waals surface area (Å²) in [6, 6.07) is 12.2. The topological polar surface area (TPSA) is 61.9 Å². The van der Waals surface area contributed by atoms with Crippen molar-refractivity contribution < 1.29 is 18.7 Å². The van der Waals surface area contributed by atoms with Crippen molar-refractivity contribution in [3.63, 3.8) is 0 Å². The molecule has 30 heavy (non-hydrogen) atoms. The molecule has 1 N–H and O–H groups in total. The van der Waals surface area contributed by atoms with Gasteiger partial charge in [0.25, 0.3) is 0 Å². The lowest BCUT2D eigenvalue weighted by atomic mass is 9.99. The first-order chi connectivity index (χ1) is 14.5. The smallest absolute Gasteiger partial charge is 0.322 e. The van der Waals surface area contributed by atoms with Crippen LogP contribution in [0.4, 0.5) is 14.9 Å². The minimum Gasteiger partial charge on any atom is -0.495 e. The van der Waals surface area contributed by atoms with Crippen LogP contribution in [0.1, 0.15) is 23.1 Å². The Morgan fingerprint density at radius 1 is 1.17 bits per heavy atom. The van der Waals surface area contributed by atoms with Crippen LogP contribution in [0.25, 0.3) is 0 Å². The summed E-state index contributed by atoms with van der Waals surface area (Å²) in [5.41, 5.74) is 3.79. The van der Waals surface area contributed by atoms with E-state index in [9.17, 15) is 14.0 Å². The second-order valence-corrected chi connectivity index (χ2v) is 7.91. The van der Waals surface area contributed by atoms with Crippen molar-refractivity contribution in [3.05, 3.63) is 59.2 Å². The summed E-state index contributed by atoms with van der Waals surface area (Å²) in [6.45, 7) is 2.87. The fraction of sp³-hybridized carbons (Fsp3) is 0.391. The summed E-state index contributed by atoms with van der Waals surface area (Å²) < 4.78 is 19.6. The SMILES string of the molecule is COc1ccc(C)cc1NC(=O)N1CC(F)CC1C(=O)N1CCc2ccccc2C1. The third-order valence-electron chi connectivity index (χ3n) is 5.83. The van der Waals surface area contributed by atoms with E-state index in [0.29, 0.717) is 24.5 Å². The van der Waals surface area contributed by atoms with Crippen LogP contribution in [0.15, 0.2) is 42.5 Å². The van der Waals surface area contributed by atoms with Crippen LogP contribution in [-0.4, -0.2) is 54.2 Å². The second kappa shape index (κ2) is 8.34. The van der Waals surface area contributed by atoms with Gasteiger partial charge in [-0.25, -0.2) is 9.18 Å². The Balaban J connectivity index is 1.50. The molecular formula is C23H26FN3O3. The predicted octanol–water partition coefficient (Wildman–Crippen LogP) is 3.53. The molecule has 0 bridgehead atoms. The first kappa shape index (κ1) is 20.2. The van der Waals surface area contributed by atoms with Crippen molar-refractivity contribution in [2.24, 2.45) is 0 Å². The lowest BCUT2D eigenvalue weighted by molar-refractivity contribution is -0.136. The zero-order chi connectivity index (χ0) is 21.3. The Morgan fingerprint density at radius 2 is 1.93 bits per heavy atom. The molecule has 1 saturated heterocycles. The van der Waals surface area contributed by atoms with E-state index in [1.807, 2.05) is 31.2 Å². The number of carbonyl (C=O) groups is 2. The van der Waals surface area contributed by atoms with E-state index >= 15 is 0 Å². The average Bonchev–Trinajstić information content (AvgIpc) is 3.15. The quantitative estimate of drug-likeness (QED) is 0.841. The molecule has 1 fully saturated rings. The van der Waals surface area contributed by atoms with Gasteiger partial charge in [0.15, 0.2) is 0 Å². The molecule has 2 unspecified atom stereocenters. The molecule has 0 aromatic heterocycles. The molecule has 2 atom stereocenters. The number of halogens is 1. The number of urea groups is 1. The van der Waals surface area contributed by atoms with Crippen LogP contribution in [0, 0.1) is 6.92 Å². The Hall–Kier alpha value is -3.09. The van der Waals surface area contributed by atoms with Gasteiger partial charge in [-0.1, -0.05) is 30.3 Å². The van der Waals surface area contributed by atoms with Crippen molar-refractivity contribution in [1.82, 2.24) is 9.80 Å². The number of alkyl halides is 1. The number of methoxy groups -OCH3 is 1. The monoisotopic (exact) mass is 411 g/mol. The maximum Gasteiger partial charge on any atom is 0.322 e. The van der Waals surface area contributed by atoms with Crippen LogP contribution in [-0.2, 0) is 17.8 Å². The molecular weight excluding hydrogens is 385 g/mol. The minimum absolute atomic E-state index is 0.0232. The van der Waals surface area contributed by atoms with Gasteiger partial charge in [0.05, 0.1) is 19.3 Å². The third kappa shape index (κ3) is 3.97. The fourth-order valence-electron chi connectivity index (χ4n) is 4.24. The number of nitrogens with zero attached hydrogens (tertiary/aromatic N) is 2. The van der Waals surface area contributed by atoms with Crippen molar-refractivity contribution >= 4 is 17.6 Å². The Morgan fingerprint density at radius 3 is 2.70 bits per heavy atom. The molecule has 2 aliphatic rings. The molecule has 158 valence electrons. The standard InChI is InChI=1S/C23H26FN3O3/c1-15-7-8-21(30-2)19(11-15)25-23(29)27-14-18(24)12-20(27)22(28)26-10-9-16-5-3-4-6-17(16)13-26/h3-8,11,18,20H,9-10,12-14H2,1-2H3,(H,25,29). The zero-order valence-corrected chi connectivity index (χ0v) is 17.2. The van der Waals surface area contributed by atoms with Gasteiger partial charge in [0, 0.05) is 19.5 Å². The Labute approximate surface area is 175 Å². The summed E-state index contributed by atoms with van der Waals surface area (Å²) >= 11 is 0. The van der Waals surface area contributed by atoms with E-state index in [1.165, 1.54) is 17.6 Å². The number of hydrogen-bond donors (Lipinski definition) is 1. The van der Waals surface area contributed by atoms with Crippen LogP contribution in [0.2, 0.25) is 0 Å². The van der Waals surface area contributed by atoms with E-state index in [0.717, 1.165) is 17.5 Å². The van der Waals surface area contributed by atoms with Gasteiger partial charge in [-0.15, -0.1) is 0 Å². The Bertz CT molecular complexity index is 964. The molecule has 4 rings (SSSR count). The maximum atomic E-state index is 14.3. The van der Waals surface area contributed by atoms with Gasteiger partial charge < -0.3 is 19.9 Å². The van der Waals surface area contributed by atoms with Crippen LogP contribution in [0.3, 0.4) is 0 Å². The molecule has 0 spiro atoms. The molecule has 7 heteroatoms. The number of hydrogen-bond acceptors (Lipinski definition) is 3. The molecule has 2 aromatic rings. The molecule has 0 saturated carbocycles. The maximum absolute atomic E-state index is 14.3. The number of likely N-dealkylation sites (tertiary alicyclic amines) is 1. The highest BCUT2D eigenvalue weighted by Crippen LogP contribution is 2.29. The van der Waals surface area contributed by atoms with Crippen molar-refractivity contribution in [2.75, 3.05) is 25.5 Å². The summed E-state index contributed by atoms with van der Waals surface area (Å²) in [5, 5.41) is 2.79. The van der Waals surface area contributed by atoms with E-state index in [-0.39, 0.29) is 18.9 Å². The summed E-state index contributed by atoms with van der Waals surface area (Å²) in [6.07, 6.45) is -0.434. The number of anilines is 1. The summed E-state index contributed by atoms with van der Waals surface area (Å²) in [7, 11) is 1.52. The van der Waals surface area contributed by atoms with Gasteiger partial charge in [0.1, 0.15) is 18.0 Å². The third-order valence-corrected chi connectivity index (χ3v) is 5.83. The van der Waals surface area contributed by atoms with E-state index < -0.39 is 18.2 Å². The van der Waals surface area contributed by atoms with Crippen molar-refractivity contribution in [3.8, 4) is 5.75 Å². The number of carbonyl (C=O) groups excluding carboxylic acids is 2. The van der Waals surface area contributed by atoms with Crippen LogP contribution in [0.5, 0.6) is 5.75 Å². The van der Waals surface area contributed by atoms with Gasteiger partial charge in [0.2, 0.25) is 5.91 Å². The summed E-state index contributed by atoms with van der Waals surface area (Å²) in [4.78, 5) is 29.2. The highest BCUT2D eigenvalue weighted by molar-refractivity contribution is 5.95. The van der Waals surface area contributed by atoms with Gasteiger partial charge in [-0.3, -0.25) is 4.79 Å². The molecule has 6 nitrogen and oxygen atoms in total. The minimum atomic E-state index is -1.22. The lowest BCUT2D eigenvalue weighted by Gasteiger charge is -2.33. The average molecular weight is 411 g/mol. The first-order valence-corrected chi connectivity index (χ1v) is 10.2. The highest BCUT2D eigenvalue weighted by Gasteiger charge is 2.42. The predicted molar refractivity (Wildman–Crippen MR) is 112 cm³/mol. The Kier molecular flexibility index (Phi) is 5.61. The van der Waals surface area contributed by atoms with E-state index in [1.54, 1.807) is 17.0 Å². The highest BCUT2D eigenvalue weighted by atomic mass is 19.1. The number of rotatable bonds is 3. The van der Waals surface area contributed by atoms with Gasteiger partial charge in [-0.2, -0.15) is 0 Å². The fourth-order valence-corrected chi connectivity index (χ4v) is 4.24. The number of nitrogens with one attached hydrogen (secondary N) is 1. The molecule has 2 aliphatic heterocycles. The number of amides is 3. The molecule has 2 heterocycles. The zero-order valence-electron chi connectivity index (χ0n) is 17.2. The first-order valence-electron chi connectivity index (χ1n) is 10.2. The molecule has 0 radical (unpaired) electrons. The second-order valence-electron chi connectivity index (χ2n) is 7.91. The number of fused-ring (bicyclic) bond motifs is 1. The largest absolute Gasteiger partial charge is 0.495 e. The molecule has 3 amide bonds. The lowest BCUT2D eigenvalue weighted by Crippen LogP contribution is -2.50. The number of benzene rings is 2. The molecule has 0 aliphatic carbocycles.